The number of H-pyrrole nitrogens is 1. The first-order valence-electron chi connectivity index (χ1n) is 25.0. The molecule has 4 aromatic carbocycles. The lowest BCUT2D eigenvalue weighted by molar-refractivity contribution is -0.136. The van der Waals surface area contributed by atoms with Crippen LogP contribution in [0.4, 0.5) is 19.3 Å². The van der Waals surface area contributed by atoms with E-state index in [0.717, 1.165) is 5.56 Å². The number of aromatic amines is 1. The first-order chi connectivity index (χ1) is 36.7. The molecule has 390 valence electrons. The number of rotatable bonds is 11. The summed E-state index contributed by atoms with van der Waals surface area (Å²) in [7, 11) is 4.30. The zero-order valence-corrected chi connectivity index (χ0v) is 41.7. The van der Waals surface area contributed by atoms with Crippen molar-refractivity contribution in [1.82, 2.24) is 44.4 Å². The van der Waals surface area contributed by atoms with Gasteiger partial charge in [-0.25, -0.2) is 23.4 Å². The highest BCUT2D eigenvalue weighted by Crippen LogP contribution is 2.44. The number of fused-ring (bicyclic) bond motifs is 4. The minimum Gasteiger partial charge on any atom is -0.494 e. The highest BCUT2D eigenvalue weighted by molar-refractivity contribution is 6.14. The predicted octanol–water partition coefficient (Wildman–Crippen LogP) is 6.26. The molecule has 11 rings (SSSR count). The average molecular weight is 1040 g/mol. The van der Waals surface area contributed by atoms with Gasteiger partial charge < -0.3 is 34.9 Å². The lowest BCUT2D eigenvalue weighted by Gasteiger charge is -2.35. The van der Waals surface area contributed by atoms with Gasteiger partial charge in [0.2, 0.25) is 11.8 Å². The molecule has 4 aliphatic rings. The van der Waals surface area contributed by atoms with E-state index in [1.165, 1.54) is 48.0 Å². The molecule has 0 spiro atoms. The molecule has 6 heterocycles. The number of carbonyl (C=O) groups is 6. The zero-order chi connectivity index (χ0) is 53.1. The van der Waals surface area contributed by atoms with Crippen molar-refractivity contribution in [3.8, 4) is 28.1 Å². The molecule has 0 radical (unpaired) electrons. The molecule has 6 amide bonds. The van der Waals surface area contributed by atoms with Gasteiger partial charge in [0.25, 0.3) is 17.7 Å². The van der Waals surface area contributed by atoms with Gasteiger partial charge in [-0.05, 0) is 97.0 Å². The fraction of sp³-hybridized carbons (Fsp3) is 0.309. The maximum atomic E-state index is 16.5. The summed E-state index contributed by atoms with van der Waals surface area (Å²) in [5.74, 6) is -3.34. The molecule has 1 unspecified atom stereocenters. The van der Waals surface area contributed by atoms with Gasteiger partial charge in [-0.3, -0.25) is 43.3 Å². The standard InChI is InChI=1S/C55H52F2N10O9/c1-63-42-26-58-49-46(48(42)67(55(63)74)36-12-10-35(25-36)60-54(73)76-3)45(31-9-16-43(75-2)40(57)23-31)47(62-49)32-8-13-38(39(56)24-32)52(71)65-20-18-64(19-21-65)27-29-4-6-30(7-5-29)50(69)59-34-11-14-37-33(22-34)28-66(53(37)72)41-15-17-44(68)61-51(41)70/h4-9,11,13-14,16,22-24,26,35-36,41H,10,12,15,17-21,25,27-28H2,1-3H3,(H,58,62)(H,59,69)(H,60,73)(H,61,68,70)/t35-,36-,41?/m1/s1. The molecule has 3 fully saturated rings. The number of anilines is 1. The summed E-state index contributed by atoms with van der Waals surface area (Å²) in [4.78, 5) is 104. The van der Waals surface area contributed by atoms with Crippen LogP contribution in [-0.2, 0) is 34.5 Å². The minimum atomic E-state index is -0.757. The van der Waals surface area contributed by atoms with Crippen LogP contribution in [0.3, 0.4) is 0 Å². The Labute approximate surface area is 432 Å². The molecular formula is C55H52F2N10O9. The molecule has 19 nitrogen and oxygen atoms in total. The number of piperidine rings is 1. The van der Waals surface area contributed by atoms with Crippen molar-refractivity contribution in [3.63, 3.8) is 0 Å². The summed E-state index contributed by atoms with van der Waals surface area (Å²) in [5.41, 5.74) is 5.60. The number of hydrogen-bond acceptors (Lipinski definition) is 11. The number of nitrogens with zero attached hydrogens (tertiary/aromatic N) is 6. The number of hydrogen-bond donors (Lipinski definition) is 4. The normalized spacial score (nSPS) is 18.8. The van der Waals surface area contributed by atoms with Crippen LogP contribution in [0.15, 0.2) is 89.9 Å². The van der Waals surface area contributed by atoms with E-state index in [9.17, 15) is 33.6 Å². The summed E-state index contributed by atoms with van der Waals surface area (Å²) in [6, 6.07) is 19.7. The maximum Gasteiger partial charge on any atom is 0.407 e. The number of piperazine rings is 1. The van der Waals surface area contributed by atoms with Gasteiger partial charge in [0.05, 0.1) is 48.1 Å². The van der Waals surface area contributed by atoms with Crippen LogP contribution in [0.1, 0.15) is 80.3 Å². The minimum absolute atomic E-state index is 0.0190. The molecular weight excluding hydrogens is 983 g/mol. The second-order valence-corrected chi connectivity index (χ2v) is 19.6. The lowest BCUT2D eigenvalue weighted by atomic mass is 9.97. The van der Waals surface area contributed by atoms with Crippen LogP contribution >= 0.6 is 0 Å². The summed E-state index contributed by atoms with van der Waals surface area (Å²) in [6.07, 6.45) is 3.07. The number of amides is 6. The van der Waals surface area contributed by atoms with E-state index in [-0.39, 0.29) is 66.2 Å². The first kappa shape index (κ1) is 49.5. The number of nitrogens with one attached hydrogen (secondary N) is 4. The first-order valence-corrected chi connectivity index (χ1v) is 25.0. The molecule has 3 aliphatic heterocycles. The molecule has 1 saturated carbocycles. The lowest BCUT2D eigenvalue weighted by Crippen LogP contribution is -2.52. The molecule has 3 atom stereocenters. The maximum absolute atomic E-state index is 16.5. The number of methoxy groups -OCH3 is 2. The van der Waals surface area contributed by atoms with E-state index in [1.807, 2.05) is 12.1 Å². The third-order valence-electron chi connectivity index (χ3n) is 15.1. The number of aryl methyl sites for hydroxylation is 1. The van der Waals surface area contributed by atoms with Gasteiger partial charge >= 0.3 is 11.8 Å². The number of imide groups is 1. The molecule has 4 N–H and O–H groups in total. The van der Waals surface area contributed by atoms with Crippen molar-refractivity contribution in [3.05, 3.63) is 135 Å². The van der Waals surface area contributed by atoms with Crippen molar-refractivity contribution in [2.45, 2.75) is 63.3 Å². The smallest absolute Gasteiger partial charge is 0.407 e. The van der Waals surface area contributed by atoms with Crippen molar-refractivity contribution in [1.29, 1.82) is 0 Å². The van der Waals surface area contributed by atoms with Crippen LogP contribution < -0.4 is 26.4 Å². The Kier molecular flexibility index (Phi) is 12.9. The predicted molar refractivity (Wildman–Crippen MR) is 274 cm³/mol. The number of halogens is 2. The third kappa shape index (κ3) is 8.98. The average Bonchev–Trinajstić information content (AvgIpc) is 4.20. The Bertz CT molecular complexity index is 3620. The quantitative estimate of drug-likeness (QED) is 0.106. The van der Waals surface area contributed by atoms with Gasteiger partial charge in [0.15, 0.2) is 11.6 Å². The molecule has 7 aromatic rings. The highest BCUT2D eigenvalue weighted by Gasteiger charge is 2.39. The van der Waals surface area contributed by atoms with E-state index in [4.69, 9.17) is 14.5 Å². The van der Waals surface area contributed by atoms with E-state index in [0.29, 0.717) is 119 Å². The Morgan fingerprint density at radius 1 is 0.855 bits per heavy atom. The molecule has 1 aliphatic carbocycles. The third-order valence-corrected chi connectivity index (χ3v) is 15.1. The summed E-state index contributed by atoms with van der Waals surface area (Å²) in [5, 5.41) is 8.54. The molecule has 76 heavy (non-hydrogen) atoms. The van der Waals surface area contributed by atoms with E-state index in [2.05, 4.69) is 25.8 Å². The van der Waals surface area contributed by atoms with Crippen LogP contribution in [0.5, 0.6) is 5.75 Å². The van der Waals surface area contributed by atoms with Crippen LogP contribution in [0, 0.1) is 11.6 Å². The van der Waals surface area contributed by atoms with E-state index < -0.39 is 35.6 Å². The number of imidazole rings is 1. The Hall–Kier alpha value is -8.72. The second-order valence-electron chi connectivity index (χ2n) is 19.6. The summed E-state index contributed by atoms with van der Waals surface area (Å²) < 4.78 is 45.3. The van der Waals surface area contributed by atoms with Gasteiger partial charge in [-0.2, -0.15) is 0 Å². The van der Waals surface area contributed by atoms with Crippen LogP contribution in [0.25, 0.3) is 44.5 Å². The number of pyridine rings is 1. The topological polar surface area (TPSA) is 222 Å². The second kappa shape index (κ2) is 19.9. The Morgan fingerprint density at radius 3 is 2.34 bits per heavy atom. The fourth-order valence-corrected chi connectivity index (χ4v) is 11.2. The van der Waals surface area contributed by atoms with Crippen molar-refractivity contribution < 1.29 is 47.0 Å². The highest BCUT2D eigenvalue weighted by atomic mass is 19.1. The monoisotopic (exact) mass is 1030 g/mol. The number of aromatic nitrogens is 4. The molecule has 3 aromatic heterocycles. The summed E-state index contributed by atoms with van der Waals surface area (Å²) in [6.45, 7) is 2.45. The van der Waals surface area contributed by atoms with Crippen molar-refractivity contribution in [2.24, 2.45) is 7.05 Å². The van der Waals surface area contributed by atoms with Crippen LogP contribution in [0.2, 0.25) is 0 Å². The van der Waals surface area contributed by atoms with E-state index >= 15 is 8.78 Å². The fourth-order valence-electron chi connectivity index (χ4n) is 11.2. The molecule has 0 bridgehead atoms. The number of ether oxygens (including phenoxy) is 2. The Balaban J connectivity index is 0.771. The largest absolute Gasteiger partial charge is 0.494 e. The summed E-state index contributed by atoms with van der Waals surface area (Å²) >= 11 is 0. The van der Waals surface area contributed by atoms with Gasteiger partial charge in [-0.1, -0.05) is 24.3 Å². The van der Waals surface area contributed by atoms with E-state index in [1.54, 1.807) is 65.2 Å². The molecule has 2 saturated heterocycles. The Morgan fingerprint density at radius 2 is 1.62 bits per heavy atom. The van der Waals surface area contributed by atoms with Gasteiger partial charge in [0.1, 0.15) is 17.5 Å². The van der Waals surface area contributed by atoms with Gasteiger partial charge in [-0.15, -0.1) is 0 Å². The van der Waals surface area contributed by atoms with Crippen molar-refractivity contribution >= 4 is 63.4 Å². The SMILES string of the molecule is COC(=O)N[C@@H]1CC[C@@H](n2c(=O)n(C)c3cnc4[nH]c(-c5ccc(C(=O)N6CCN(Cc7ccc(C(=O)Nc8ccc9c(c8)CN(C8CCC(=O)NC8=O)C9=O)cc7)CC6)c(F)c5)c(-c5ccc(OC)c(F)c5)c4c32)C1. The molecule has 21 heteroatoms. The zero-order valence-electron chi connectivity index (χ0n) is 41.7. The van der Waals surface area contributed by atoms with Gasteiger partial charge in [0, 0.05) is 92.8 Å². The number of benzene rings is 4. The van der Waals surface area contributed by atoms with Crippen molar-refractivity contribution in [2.75, 3.05) is 45.7 Å². The van der Waals surface area contributed by atoms with Crippen LogP contribution in [-0.4, -0.2) is 122 Å². The number of alkyl carbamates (subject to hydrolysis) is 1. The number of carbonyl (C=O) groups excluding carboxylic acids is 6.